The van der Waals surface area contributed by atoms with E-state index < -0.39 is 17.8 Å². The Kier molecular flexibility index (Phi) is 6.49. The largest absolute Gasteiger partial charge is 0.335 e. The molecule has 0 bridgehead atoms. The number of carbonyl (C=O) groups excluding carboxylic acids is 3. The molecule has 0 aliphatic carbocycles. The number of amides is 4. The molecule has 7 heteroatoms. The van der Waals surface area contributed by atoms with Crippen LogP contribution in [-0.4, -0.2) is 17.8 Å². The van der Waals surface area contributed by atoms with Gasteiger partial charge in [0, 0.05) is 9.50 Å². The molecule has 0 aromatic heterocycles. The lowest BCUT2D eigenvalue weighted by Gasteiger charge is -2.28. The zero-order chi connectivity index (χ0) is 23.7. The normalized spacial score (nSPS) is 15.2. The molecule has 0 unspecified atom stereocenters. The molecule has 1 heterocycles. The molecule has 0 saturated carbocycles. The Morgan fingerprint density at radius 2 is 1.73 bits per heavy atom. The maximum absolute atomic E-state index is 13.4. The van der Waals surface area contributed by atoms with Crippen molar-refractivity contribution in [3.05, 3.63) is 104 Å². The van der Waals surface area contributed by atoms with E-state index in [4.69, 9.17) is 11.6 Å². The van der Waals surface area contributed by atoms with Crippen LogP contribution < -0.4 is 10.2 Å². The molecule has 0 radical (unpaired) electrons. The van der Waals surface area contributed by atoms with Crippen molar-refractivity contribution in [3.8, 4) is 0 Å². The number of rotatable bonds is 4. The van der Waals surface area contributed by atoms with Gasteiger partial charge in [0.15, 0.2) is 0 Å². The van der Waals surface area contributed by atoms with Crippen LogP contribution in [0.4, 0.5) is 10.5 Å². The van der Waals surface area contributed by atoms with Crippen LogP contribution in [0.5, 0.6) is 0 Å². The molecular formula is C26H20BrClN2O3. The molecule has 3 aromatic rings. The van der Waals surface area contributed by atoms with E-state index in [-0.39, 0.29) is 5.57 Å². The van der Waals surface area contributed by atoms with Crippen molar-refractivity contribution in [2.45, 2.75) is 20.3 Å². The van der Waals surface area contributed by atoms with Gasteiger partial charge in [0.25, 0.3) is 11.8 Å². The minimum Gasteiger partial charge on any atom is -0.273 e. The Morgan fingerprint density at radius 3 is 2.48 bits per heavy atom. The third-order valence-corrected chi connectivity index (χ3v) is 6.67. The predicted octanol–water partition coefficient (Wildman–Crippen LogP) is 5.98. The van der Waals surface area contributed by atoms with Crippen molar-refractivity contribution in [3.63, 3.8) is 0 Å². The Bertz CT molecular complexity index is 1330. The van der Waals surface area contributed by atoms with Crippen LogP contribution in [0.1, 0.15) is 27.8 Å². The highest BCUT2D eigenvalue weighted by Crippen LogP contribution is 2.29. The summed E-state index contributed by atoms with van der Waals surface area (Å²) in [5.74, 6) is -1.41. The van der Waals surface area contributed by atoms with Gasteiger partial charge >= 0.3 is 6.03 Å². The molecular weight excluding hydrogens is 504 g/mol. The van der Waals surface area contributed by atoms with Gasteiger partial charge in [-0.3, -0.25) is 14.9 Å². The summed E-state index contributed by atoms with van der Waals surface area (Å²) in [4.78, 5) is 39.6. The lowest BCUT2D eigenvalue weighted by molar-refractivity contribution is -0.122. The average Bonchev–Trinajstić information content (AvgIpc) is 2.77. The van der Waals surface area contributed by atoms with E-state index >= 15 is 0 Å². The van der Waals surface area contributed by atoms with Gasteiger partial charge < -0.3 is 0 Å². The van der Waals surface area contributed by atoms with E-state index in [2.05, 4.69) is 21.2 Å². The molecule has 1 aliphatic rings. The smallest absolute Gasteiger partial charge is 0.273 e. The molecule has 1 saturated heterocycles. The Hall–Kier alpha value is -3.22. The first kappa shape index (κ1) is 23.0. The summed E-state index contributed by atoms with van der Waals surface area (Å²) in [7, 11) is 0. The Labute approximate surface area is 205 Å². The quantitative estimate of drug-likeness (QED) is 0.338. The minimum absolute atomic E-state index is 0.133. The number of barbiturate groups is 1. The number of nitrogens with one attached hydrogen (secondary N) is 1. The SMILES string of the molecule is Cc1cccc(N2C(=O)NC(=O)/C(=C\c3cc(Cl)ccc3Cc3ccccc3Br)C2=O)c1C. The second kappa shape index (κ2) is 9.33. The second-order valence-corrected chi connectivity index (χ2v) is 9.08. The van der Waals surface area contributed by atoms with Crippen LogP contribution in [0.25, 0.3) is 6.08 Å². The molecule has 0 atom stereocenters. The molecule has 4 amide bonds. The number of imide groups is 2. The van der Waals surface area contributed by atoms with E-state index in [1.54, 1.807) is 24.3 Å². The summed E-state index contributed by atoms with van der Waals surface area (Å²) in [6, 6.07) is 17.8. The summed E-state index contributed by atoms with van der Waals surface area (Å²) in [6.45, 7) is 3.73. The minimum atomic E-state index is -0.768. The van der Waals surface area contributed by atoms with Gasteiger partial charge in [-0.1, -0.05) is 63.9 Å². The molecule has 1 fully saturated rings. The fourth-order valence-electron chi connectivity index (χ4n) is 3.72. The van der Waals surface area contributed by atoms with Gasteiger partial charge in [-0.05, 0) is 78.4 Å². The Morgan fingerprint density at radius 1 is 0.970 bits per heavy atom. The average molecular weight is 524 g/mol. The lowest BCUT2D eigenvalue weighted by Crippen LogP contribution is -2.54. The number of halogens is 2. The summed E-state index contributed by atoms with van der Waals surface area (Å²) >= 11 is 9.80. The van der Waals surface area contributed by atoms with Crippen molar-refractivity contribution in [2.24, 2.45) is 0 Å². The molecule has 5 nitrogen and oxygen atoms in total. The van der Waals surface area contributed by atoms with Crippen molar-refractivity contribution in [2.75, 3.05) is 4.90 Å². The maximum Gasteiger partial charge on any atom is 0.335 e. The highest BCUT2D eigenvalue weighted by molar-refractivity contribution is 9.10. The molecule has 1 N–H and O–H groups in total. The number of aryl methyl sites for hydroxylation is 1. The molecule has 1 aliphatic heterocycles. The maximum atomic E-state index is 13.4. The number of carbonyl (C=O) groups is 3. The predicted molar refractivity (Wildman–Crippen MR) is 133 cm³/mol. The highest BCUT2D eigenvalue weighted by Gasteiger charge is 2.37. The van der Waals surface area contributed by atoms with Crippen LogP contribution in [0.2, 0.25) is 5.02 Å². The van der Waals surface area contributed by atoms with Crippen molar-refractivity contribution in [1.29, 1.82) is 0 Å². The lowest BCUT2D eigenvalue weighted by atomic mass is 9.97. The zero-order valence-corrected chi connectivity index (χ0v) is 20.3. The number of hydrogen-bond donors (Lipinski definition) is 1. The van der Waals surface area contributed by atoms with Gasteiger partial charge in [0.1, 0.15) is 5.57 Å². The van der Waals surface area contributed by atoms with E-state index in [0.29, 0.717) is 22.7 Å². The zero-order valence-electron chi connectivity index (χ0n) is 18.0. The van der Waals surface area contributed by atoms with E-state index in [9.17, 15) is 14.4 Å². The standard InChI is InChI=1S/C26H20BrClN2O3/c1-15-6-5-9-23(16(15)2)30-25(32)21(24(31)29-26(30)33)14-19-13-20(28)11-10-17(19)12-18-7-3-4-8-22(18)27/h3-11,13-14H,12H2,1-2H3,(H,29,31,33)/b21-14+. The highest BCUT2D eigenvalue weighted by atomic mass is 79.9. The van der Waals surface area contributed by atoms with Gasteiger partial charge in [-0.25, -0.2) is 9.69 Å². The van der Waals surface area contributed by atoms with Crippen molar-refractivity contribution in [1.82, 2.24) is 5.32 Å². The number of anilines is 1. The van der Waals surface area contributed by atoms with Crippen LogP contribution >= 0.6 is 27.5 Å². The topological polar surface area (TPSA) is 66.5 Å². The van der Waals surface area contributed by atoms with Crippen LogP contribution in [-0.2, 0) is 16.0 Å². The van der Waals surface area contributed by atoms with Gasteiger partial charge in [-0.15, -0.1) is 0 Å². The van der Waals surface area contributed by atoms with E-state index in [1.807, 2.05) is 50.2 Å². The Balaban J connectivity index is 1.78. The molecule has 3 aromatic carbocycles. The first-order chi connectivity index (χ1) is 15.8. The molecule has 33 heavy (non-hydrogen) atoms. The summed E-state index contributed by atoms with van der Waals surface area (Å²) in [5, 5.41) is 2.76. The van der Waals surface area contributed by atoms with Gasteiger partial charge in [-0.2, -0.15) is 0 Å². The number of nitrogens with zero attached hydrogens (tertiary/aromatic N) is 1. The van der Waals surface area contributed by atoms with E-state index in [0.717, 1.165) is 31.6 Å². The van der Waals surface area contributed by atoms with Gasteiger partial charge in [0.2, 0.25) is 0 Å². The monoisotopic (exact) mass is 522 g/mol. The van der Waals surface area contributed by atoms with Crippen molar-refractivity contribution < 1.29 is 14.4 Å². The van der Waals surface area contributed by atoms with Crippen LogP contribution in [0.15, 0.2) is 70.7 Å². The third-order valence-electron chi connectivity index (χ3n) is 5.67. The number of hydrogen-bond acceptors (Lipinski definition) is 3. The van der Waals surface area contributed by atoms with Crippen LogP contribution in [0.3, 0.4) is 0 Å². The summed E-state index contributed by atoms with van der Waals surface area (Å²) in [5.41, 5.74) is 4.59. The number of urea groups is 1. The number of benzene rings is 3. The second-order valence-electron chi connectivity index (χ2n) is 7.79. The van der Waals surface area contributed by atoms with Crippen LogP contribution in [0, 0.1) is 13.8 Å². The van der Waals surface area contributed by atoms with Gasteiger partial charge in [0.05, 0.1) is 5.69 Å². The molecule has 166 valence electrons. The van der Waals surface area contributed by atoms with Crippen molar-refractivity contribution >= 4 is 57.1 Å². The summed E-state index contributed by atoms with van der Waals surface area (Å²) < 4.78 is 0.955. The molecule has 4 rings (SSSR count). The third kappa shape index (κ3) is 4.63. The van der Waals surface area contributed by atoms with E-state index in [1.165, 1.54) is 6.08 Å². The fraction of sp³-hybridized carbons (Fsp3) is 0.115. The first-order valence-corrected chi connectivity index (χ1v) is 11.4. The first-order valence-electron chi connectivity index (χ1n) is 10.3. The molecule has 0 spiro atoms. The fourth-order valence-corrected chi connectivity index (χ4v) is 4.32. The summed E-state index contributed by atoms with van der Waals surface area (Å²) in [6.07, 6.45) is 2.06.